The smallest absolute Gasteiger partial charge is 0.306 e. The average Bonchev–Trinajstić information content (AvgIpc) is 2.75. The molecule has 0 aliphatic heterocycles. The molecule has 0 atom stereocenters. The Balaban J connectivity index is 1.51. The van der Waals surface area contributed by atoms with Crippen molar-refractivity contribution in [3.05, 3.63) is 74.7 Å². The lowest BCUT2D eigenvalue weighted by atomic mass is 10.1. The minimum atomic E-state index is -0.524. The number of aromatic nitrogens is 2. The normalized spacial score (nSPS) is 10.7. The molecule has 0 N–H and O–H groups in total. The number of esters is 1. The Labute approximate surface area is 181 Å². The molecule has 30 heavy (non-hydrogen) atoms. The Morgan fingerprint density at radius 1 is 1.10 bits per heavy atom. The van der Waals surface area contributed by atoms with Crippen LogP contribution in [0.3, 0.4) is 0 Å². The Hall–Kier alpha value is -3.00. The van der Waals surface area contributed by atoms with E-state index in [9.17, 15) is 14.4 Å². The van der Waals surface area contributed by atoms with Crippen LogP contribution >= 0.6 is 15.9 Å². The predicted molar refractivity (Wildman–Crippen MR) is 115 cm³/mol. The van der Waals surface area contributed by atoms with Gasteiger partial charge in [0.05, 0.1) is 18.7 Å². The quantitative estimate of drug-likeness (QED) is 0.346. The molecule has 0 saturated carbocycles. The van der Waals surface area contributed by atoms with Crippen LogP contribution in [0.4, 0.5) is 0 Å². The lowest BCUT2D eigenvalue weighted by Gasteiger charge is -2.07. The van der Waals surface area contributed by atoms with E-state index in [1.165, 1.54) is 10.5 Å². The van der Waals surface area contributed by atoms with Gasteiger partial charge in [-0.2, -0.15) is 0 Å². The summed E-state index contributed by atoms with van der Waals surface area (Å²) in [6.45, 7) is 2.51. The van der Waals surface area contributed by atoms with Crippen LogP contribution in [-0.4, -0.2) is 27.7 Å². The van der Waals surface area contributed by atoms with Gasteiger partial charge < -0.3 is 9.47 Å². The van der Waals surface area contributed by atoms with Gasteiger partial charge in [-0.15, -0.1) is 0 Å². The number of fused-ring (bicyclic) bond motifs is 1. The van der Waals surface area contributed by atoms with Crippen molar-refractivity contribution in [2.45, 2.75) is 32.8 Å². The zero-order valence-electron chi connectivity index (χ0n) is 16.5. The molecule has 0 radical (unpaired) electrons. The van der Waals surface area contributed by atoms with E-state index in [1.54, 1.807) is 42.6 Å². The first-order valence-corrected chi connectivity index (χ1v) is 10.3. The van der Waals surface area contributed by atoms with Gasteiger partial charge in [0.2, 0.25) is 0 Å². The Morgan fingerprint density at radius 3 is 2.60 bits per heavy atom. The number of halogens is 1. The Kier molecular flexibility index (Phi) is 7.35. The standard InChI is InChI=1S/C22H21BrN2O5/c1-2-11-29-18-6-3-15(4-7-18)19(26)8-10-22(28)30-14-17-12-21(27)25-13-16(23)5-9-20(25)24-17/h3-7,9,12-13H,2,8,10-11,14H2,1H3. The molecule has 2 aromatic heterocycles. The largest absolute Gasteiger partial charge is 0.494 e. The molecule has 3 aromatic rings. The highest BCUT2D eigenvalue weighted by Gasteiger charge is 2.12. The van der Waals surface area contributed by atoms with Gasteiger partial charge in [0.1, 0.15) is 18.0 Å². The maximum Gasteiger partial charge on any atom is 0.306 e. The summed E-state index contributed by atoms with van der Waals surface area (Å²) in [5, 5.41) is 0. The first kappa shape index (κ1) is 21.7. The summed E-state index contributed by atoms with van der Waals surface area (Å²) in [4.78, 5) is 40.7. The topological polar surface area (TPSA) is 87.0 Å². The second kappa shape index (κ2) is 10.2. The number of Topliss-reactive ketones (excluding diaryl/α,β-unsaturated/α-hetero) is 1. The van der Waals surface area contributed by atoms with Crippen LogP contribution in [-0.2, 0) is 16.1 Å². The van der Waals surface area contributed by atoms with Crippen LogP contribution in [0, 0.1) is 0 Å². The number of pyridine rings is 1. The van der Waals surface area contributed by atoms with E-state index in [0.717, 1.165) is 10.9 Å². The summed E-state index contributed by atoms with van der Waals surface area (Å²) in [7, 11) is 0. The molecule has 0 amide bonds. The van der Waals surface area contributed by atoms with E-state index in [1.807, 2.05) is 6.92 Å². The predicted octanol–water partition coefficient (Wildman–Crippen LogP) is 3.95. The molecule has 3 rings (SSSR count). The molecule has 156 valence electrons. The van der Waals surface area contributed by atoms with Crippen LogP contribution in [0.1, 0.15) is 42.2 Å². The fourth-order valence-corrected chi connectivity index (χ4v) is 3.08. The summed E-state index contributed by atoms with van der Waals surface area (Å²) in [5.74, 6) is 0.0321. The van der Waals surface area contributed by atoms with Crippen LogP contribution in [0.15, 0.2) is 57.9 Å². The number of carbonyl (C=O) groups excluding carboxylic acids is 2. The fourth-order valence-electron chi connectivity index (χ4n) is 2.74. The highest BCUT2D eigenvalue weighted by Crippen LogP contribution is 2.15. The van der Waals surface area contributed by atoms with E-state index in [4.69, 9.17) is 9.47 Å². The van der Waals surface area contributed by atoms with Crippen molar-refractivity contribution in [1.29, 1.82) is 0 Å². The number of hydrogen-bond donors (Lipinski definition) is 0. The van der Waals surface area contributed by atoms with E-state index in [2.05, 4.69) is 20.9 Å². The minimum absolute atomic E-state index is 0.0375. The van der Waals surface area contributed by atoms with Crippen LogP contribution in [0.25, 0.3) is 5.65 Å². The molecule has 0 aliphatic rings. The second-order valence-corrected chi connectivity index (χ2v) is 7.53. The lowest BCUT2D eigenvalue weighted by molar-refractivity contribution is -0.145. The molecule has 8 heteroatoms. The zero-order chi connectivity index (χ0) is 21.5. The molecule has 7 nitrogen and oxygen atoms in total. The third-order valence-corrected chi connectivity index (χ3v) is 4.73. The van der Waals surface area contributed by atoms with E-state index >= 15 is 0 Å². The van der Waals surface area contributed by atoms with Gasteiger partial charge in [-0.1, -0.05) is 6.92 Å². The lowest BCUT2D eigenvalue weighted by Crippen LogP contribution is -2.16. The van der Waals surface area contributed by atoms with Crippen LogP contribution < -0.4 is 10.3 Å². The molecule has 0 unspecified atom stereocenters. The second-order valence-electron chi connectivity index (χ2n) is 6.62. The monoisotopic (exact) mass is 472 g/mol. The highest BCUT2D eigenvalue weighted by molar-refractivity contribution is 9.10. The van der Waals surface area contributed by atoms with Crippen molar-refractivity contribution in [3.8, 4) is 5.75 Å². The van der Waals surface area contributed by atoms with E-state index in [-0.39, 0.29) is 30.8 Å². The van der Waals surface area contributed by atoms with Gasteiger partial charge in [-0.3, -0.25) is 18.8 Å². The molecular formula is C22H21BrN2O5. The van der Waals surface area contributed by atoms with Gasteiger partial charge in [0.25, 0.3) is 5.56 Å². The first-order valence-electron chi connectivity index (χ1n) is 9.56. The van der Waals surface area contributed by atoms with Crippen molar-refractivity contribution in [2.75, 3.05) is 6.61 Å². The van der Waals surface area contributed by atoms with Gasteiger partial charge >= 0.3 is 5.97 Å². The van der Waals surface area contributed by atoms with Gasteiger partial charge in [0.15, 0.2) is 5.78 Å². The average molecular weight is 473 g/mol. The molecule has 0 saturated heterocycles. The molecule has 0 aliphatic carbocycles. The van der Waals surface area contributed by atoms with Crippen molar-refractivity contribution < 1.29 is 19.1 Å². The summed E-state index contributed by atoms with van der Waals surface area (Å²) < 4.78 is 12.8. The number of ketones is 1. The van der Waals surface area contributed by atoms with Gasteiger partial charge in [0, 0.05) is 28.7 Å². The number of ether oxygens (including phenoxy) is 2. The van der Waals surface area contributed by atoms with E-state index < -0.39 is 5.97 Å². The Morgan fingerprint density at radius 2 is 1.87 bits per heavy atom. The van der Waals surface area contributed by atoms with Crippen LogP contribution in [0.5, 0.6) is 5.75 Å². The van der Waals surface area contributed by atoms with Crippen molar-refractivity contribution in [2.24, 2.45) is 0 Å². The maximum absolute atomic E-state index is 12.3. The molecule has 0 spiro atoms. The van der Waals surface area contributed by atoms with Crippen LogP contribution in [0.2, 0.25) is 0 Å². The fraction of sp³-hybridized carbons (Fsp3) is 0.273. The van der Waals surface area contributed by atoms with Crippen molar-refractivity contribution >= 4 is 33.3 Å². The number of carbonyl (C=O) groups is 2. The third-order valence-electron chi connectivity index (χ3n) is 4.26. The third kappa shape index (κ3) is 5.76. The van der Waals surface area contributed by atoms with Gasteiger partial charge in [-0.25, -0.2) is 4.98 Å². The molecule has 2 heterocycles. The Bertz CT molecular complexity index is 1110. The zero-order valence-corrected chi connectivity index (χ0v) is 18.1. The number of nitrogens with zero attached hydrogens (tertiary/aromatic N) is 2. The van der Waals surface area contributed by atoms with Crippen molar-refractivity contribution in [1.82, 2.24) is 9.38 Å². The minimum Gasteiger partial charge on any atom is -0.494 e. The molecule has 0 fully saturated rings. The SMILES string of the molecule is CCCOc1ccc(C(=O)CCC(=O)OCc2cc(=O)n3cc(Br)ccc3n2)cc1. The first-order chi connectivity index (χ1) is 14.5. The maximum atomic E-state index is 12.3. The van der Waals surface area contributed by atoms with Gasteiger partial charge in [-0.05, 0) is 58.7 Å². The number of benzene rings is 1. The molecule has 1 aromatic carbocycles. The highest BCUT2D eigenvalue weighted by atomic mass is 79.9. The number of rotatable bonds is 9. The summed E-state index contributed by atoms with van der Waals surface area (Å²) in [5.41, 5.74) is 1.05. The number of hydrogen-bond acceptors (Lipinski definition) is 6. The molecular weight excluding hydrogens is 452 g/mol. The molecule has 0 bridgehead atoms. The van der Waals surface area contributed by atoms with Crippen molar-refractivity contribution in [3.63, 3.8) is 0 Å². The summed E-state index contributed by atoms with van der Waals surface area (Å²) in [6, 6.07) is 11.6. The summed E-state index contributed by atoms with van der Waals surface area (Å²) in [6.07, 6.45) is 2.51. The van der Waals surface area contributed by atoms with E-state index in [0.29, 0.717) is 29.3 Å². The summed E-state index contributed by atoms with van der Waals surface area (Å²) >= 11 is 3.30.